The summed E-state index contributed by atoms with van der Waals surface area (Å²) in [5.41, 5.74) is 0.134. The summed E-state index contributed by atoms with van der Waals surface area (Å²) in [5, 5.41) is 8.41. The van der Waals surface area contributed by atoms with Crippen molar-refractivity contribution in [3.8, 4) is 5.75 Å². The summed E-state index contributed by atoms with van der Waals surface area (Å²) in [6, 6.07) is 2.06. The van der Waals surface area contributed by atoms with Crippen LogP contribution < -0.4 is 4.74 Å². The van der Waals surface area contributed by atoms with E-state index in [9.17, 15) is 13.6 Å². The molecular formula is C13H14F2O3. The summed E-state index contributed by atoms with van der Waals surface area (Å²) in [4.78, 5) is 10.3. The van der Waals surface area contributed by atoms with Crippen LogP contribution in [-0.4, -0.2) is 17.7 Å². The molecule has 0 amide bonds. The van der Waals surface area contributed by atoms with Crippen LogP contribution in [0.3, 0.4) is 0 Å². The molecule has 1 aromatic carbocycles. The maximum atomic E-state index is 13.5. The average molecular weight is 256 g/mol. The maximum Gasteiger partial charge on any atom is 0.328 e. The standard InChI is InChI=1S/C13H14F2O3/c1-2-3-6-18-13-10(14)7-9(8-11(13)15)4-5-12(16)17/h4-5,7-8H,2-3,6H2,1H3,(H,16,17). The van der Waals surface area contributed by atoms with Gasteiger partial charge in [-0.05, 0) is 30.2 Å². The first kappa shape index (κ1) is 14.2. The highest BCUT2D eigenvalue weighted by molar-refractivity contribution is 5.85. The molecule has 0 saturated heterocycles. The number of rotatable bonds is 6. The van der Waals surface area contributed by atoms with E-state index in [0.29, 0.717) is 6.42 Å². The number of halogens is 2. The smallest absolute Gasteiger partial charge is 0.328 e. The Morgan fingerprint density at radius 3 is 2.50 bits per heavy atom. The summed E-state index contributed by atoms with van der Waals surface area (Å²) >= 11 is 0. The number of carboxylic acid groups (broad SMARTS) is 1. The van der Waals surface area contributed by atoms with Crippen LogP contribution >= 0.6 is 0 Å². The fourth-order valence-corrected chi connectivity index (χ4v) is 1.30. The van der Waals surface area contributed by atoms with E-state index in [1.54, 1.807) is 0 Å². The molecule has 1 aromatic rings. The molecule has 3 nitrogen and oxygen atoms in total. The lowest BCUT2D eigenvalue weighted by atomic mass is 10.2. The quantitative estimate of drug-likeness (QED) is 0.627. The number of benzene rings is 1. The number of hydrogen-bond acceptors (Lipinski definition) is 2. The van der Waals surface area contributed by atoms with Crippen molar-refractivity contribution in [2.75, 3.05) is 6.61 Å². The lowest BCUT2D eigenvalue weighted by Gasteiger charge is -2.08. The molecule has 0 aliphatic heterocycles. The van der Waals surface area contributed by atoms with Gasteiger partial charge in [-0.3, -0.25) is 0 Å². The monoisotopic (exact) mass is 256 g/mol. The van der Waals surface area contributed by atoms with Crippen molar-refractivity contribution >= 4 is 12.0 Å². The minimum Gasteiger partial charge on any atom is -0.488 e. The Labute approximate surface area is 104 Å². The minimum atomic E-state index is -1.18. The molecule has 1 N–H and O–H groups in total. The molecule has 0 aliphatic carbocycles. The molecule has 0 spiro atoms. The molecule has 0 atom stereocenters. The third-order valence-electron chi connectivity index (χ3n) is 2.18. The Hall–Kier alpha value is -1.91. The first-order valence-electron chi connectivity index (χ1n) is 5.57. The van der Waals surface area contributed by atoms with Gasteiger partial charge in [0.25, 0.3) is 0 Å². The van der Waals surface area contributed by atoms with Crippen LogP contribution in [0.25, 0.3) is 6.08 Å². The summed E-state index contributed by atoms with van der Waals surface area (Å²) in [6.45, 7) is 2.19. The largest absolute Gasteiger partial charge is 0.488 e. The Morgan fingerprint density at radius 2 is 2.00 bits per heavy atom. The second kappa shape index (κ2) is 6.74. The zero-order valence-electron chi connectivity index (χ0n) is 9.95. The van der Waals surface area contributed by atoms with Crippen molar-refractivity contribution < 1.29 is 23.4 Å². The summed E-state index contributed by atoms with van der Waals surface area (Å²) in [6.07, 6.45) is 3.50. The number of ether oxygens (including phenoxy) is 1. The van der Waals surface area contributed by atoms with Crippen molar-refractivity contribution in [1.29, 1.82) is 0 Å². The van der Waals surface area contributed by atoms with Crippen LogP contribution in [0.5, 0.6) is 5.75 Å². The minimum absolute atomic E-state index is 0.134. The fraction of sp³-hybridized carbons (Fsp3) is 0.308. The molecule has 0 fully saturated rings. The van der Waals surface area contributed by atoms with Crippen LogP contribution in [0.15, 0.2) is 18.2 Å². The lowest BCUT2D eigenvalue weighted by molar-refractivity contribution is -0.131. The van der Waals surface area contributed by atoms with E-state index in [2.05, 4.69) is 0 Å². The topological polar surface area (TPSA) is 46.5 Å². The summed E-state index contributed by atoms with van der Waals surface area (Å²) in [5.74, 6) is -3.28. The van der Waals surface area contributed by atoms with Gasteiger partial charge in [-0.15, -0.1) is 0 Å². The molecule has 0 heterocycles. The molecule has 98 valence electrons. The molecule has 18 heavy (non-hydrogen) atoms. The van der Waals surface area contributed by atoms with Gasteiger partial charge < -0.3 is 9.84 Å². The van der Waals surface area contributed by atoms with Gasteiger partial charge >= 0.3 is 5.97 Å². The van der Waals surface area contributed by atoms with Gasteiger partial charge in [0.15, 0.2) is 17.4 Å². The number of aliphatic carboxylic acids is 1. The third-order valence-corrected chi connectivity index (χ3v) is 2.18. The zero-order valence-corrected chi connectivity index (χ0v) is 9.95. The first-order chi connectivity index (χ1) is 8.54. The van der Waals surface area contributed by atoms with E-state index in [0.717, 1.165) is 30.7 Å². The van der Waals surface area contributed by atoms with Crippen molar-refractivity contribution in [3.05, 3.63) is 35.4 Å². The van der Waals surface area contributed by atoms with Crippen molar-refractivity contribution in [2.24, 2.45) is 0 Å². The maximum absolute atomic E-state index is 13.5. The molecule has 0 unspecified atom stereocenters. The van der Waals surface area contributed by atoms with Crippen molar-refractivity contribution in [1.82, 2.24) is 0 Å². The number of carboxylic acids is 1. The Balaban J connectivity index is 2.87. The predicted molar refractivity (Wildman–Crippen MR) is 63.4 cm³/mol. The first-order valence-corrected chi connectivity index (χ1v) is 5.57. The predicted octanol–water partition coefficient (Wildman–Crippen LogP) is 3.24. The molecule has 0 radical (unpaired) electrons. The summed E-state index contributed by atoms with van der Waals surface area (Å²) < 4.78 is 32.0. The van der Waals surface area contributed by atoms with Crippen LogP contribution in [0.4, 0.5) is 8.78 Å². The highest BCUT2D eigenvalue weighted by atomic mass is 19.1. The fourth-order valence-electron chi connectivity index (χ4n) is 1.30. The second-order valence-electron chi connectivity index (χ2n) is 3.69. The molecule has 1 rings (SSSR count). The van der Waals surface area contributed by atoms with E-state index in [1.165, 1.54) is 0 Å². The average Bonchev–Trinajstić information content (AvgIpc) is 2.30. The van der Waals surface area contributed by atoms with E-state index in [1.807, 2.05) is 6.92 Å². The summed E-state index contributed by atoms with van der Waals surface area (Å²) in [7, 11) is 0. The van der Waals surface area contributed by atoms with Gasteiger partial charge in [-0.25, -0.2) is 13.6 Å². The van der Waals surface area contributed by atoms with Gasteiger partial charge in [0.2, 0.25) is 0 Å². The highest BCUT2D eigenvalue weighted by Crippen LogP contribution is 2.24. The molecular weight excluding hydrogens is 242 g/mol. The van der Waals surface area contributed by atoms with Gasteiger partial charge in [0, 0.05) is 6.08 Å². The highest BCUT2D eigenvalue weighted by Gasteiger charge is 2.11. The van der Waals surface area contributed by atoms with Crippen molar-refractivity contribution in [2.45, 2.75) is 19.8 Å². The van der Waals surface area contributed by atoms with E-state index in [4.69, 9.17) is 9.84 Å². The number of carbonyl (C=O) groups is 1. The van der Waals surface area contributed by atoms with E-state index in [-0.39, 0.29) is 12.2 Å². The Morgan fingerprint density at radius 1 is 1.39 bits per heavy atom. The normalized spacial score (nSPS) is 10.8. The number of unbranched alkanes of at least 4 members (excludes halogenated alkanes) is 1. The van der Waals surface area contributed by atoms with Gasteiger partial charge in [0.05, 0.1) is 6.61 Å². The van der Waals surface area contributed by atoms with Crippen molar-refractivity contribution in [3.63, 3.8) is 0 Å². The van der Waals surface area contributed by atoms with Crippen LogP contribution in [0.2, 0.25) is 0 Å². The lowest BCUT2D eigenvalue weighted by Crippen LogP contribution is -2.01. The zero-order chi connectivity index (χ0) is 13.5. The Bertz CT molecular complexity index is 433. The molecule has 0 saturated carbocycles. The molecule has 0 aliphatic rings. The van der Waals surface area contributed by atoms with E-state index < -0.39 is 23.4 Å². The van der Waals surface area contributed by atoms with Gasteiger partial charge in [-0.2, -0.15) is 0 Å². The van der Waals surface area contributed by atoms with E-state index >= 15 is 0 Å². The van der Waals surface area contributed by atoms with Crippen LogP contribution in [-0.2, 0) is 4.79 Å². The molecule has 0 bridgehead atoms. The Kier molecular flexibility index (Phi) is 5.30. The third kappa shape index (κ3) is 4.16. The molecule has 5 heteroatoms. The van der Waals surface area contributed by atoms with Crippen LogP contribution in [0, 0.1) is 11.6 Å². The second-order valence-corrected chi connectivity index (χ2v) is 3.69. The van der Waals surface area contributed by atoms with Gasteiger partial charge in [0.1, 0.15) is 0 Å². The SMILES string of the molecule is CCCCOc1c(F)cc(C=CC(=O)O)cc1F. The van der Waals surface area contributed by atoms with Crippen LogP contribution in [0.1, 0.15) is 25.3 Å². The van der Waals surface area contributed by atoms with Gasteiger partial charge in [-0.1, -0.05) is 13.3 Å². The molecule has 0 aromatic heterocycles. The number of hydrogen-bond donors (Lipinski definition) is 1.